The number of carbonyl (C=O) groups excluding carboxylic acids is 2. The van der Waals surface area contributed by atoms with E-state index >= 15 is 0 Å². The van der Waals surface area contributed by atoms with Crippen LogP contribution in [0.3, 0.4) is 0 Å². The summed E-state index contributed by atoms with van der Waals surface area (Å²) in [5, 5.41) is 13.3. The first-order valence-corrected chi connectivity index (χ1v) is 16.6. The number of hydrogen-bond acceptors (Lipinski definition) is 8. The maximum atomic E-state index is 13.7. The van der Waals surface area contributed by atoms with Gasteiger partial charge in [0.1, 0.15) is 5.03 Å². The van der Waals surface area contributed by atoms with Crippen molar-refractivity contribution in [1.29, 1.82) is 0 Å². The molecule has 6 rings (SSSR count). The Hall–Kier alpha value is -3.72. The van der Waals surface area contributed by atoms with Gasteiger partial charge >= 0.3 is 0 Å². The molecular formula is C28H28ClN7O5S2. The zero-order valence-corrected chi connectivity index (χ0v) is 25.3. The number of thioether (sulfide) groups is 1. The number of nitrogens with one attached hydrogen (secondary N) is 1. The zero-order valence-electron chi connectivity index (χ0n) is 22.9. The van der Waals surface area contributed by atoms with Crippen LogP contribution in [0, 0.1) is 5.21 Å². The summed E-state index contributed by atoms with van der Waals surface area (Å²) >= 11 is 7.87. The normalized spacial score (nSPS) is 18.2. The second kappa shape index (κ2) is 12.1. The molecule has 12 nitrogen and oxygen atoms in total. The Morgan fingerprint density at radius 3 is 2.58 bits per heavy atom. The topological polar surface area (TPSA) is 147 Å². The molecule has 2 amide bonds. The lowest BCUT2D eigenvalue weighted by Gasteiger charge is -2.41. The lowest BCUT2D eigenvalue weighted by atomic mass is 10.1. The summed E-state index contributed by atoms with van der Waals surface area (Å²) in [5.74, 6) is 0.902. The van der Waals surface area contributed by atoms with Crippen molar-refractivity contribution in [2.45, 2.75) is 17.5 Å². The fourth-order valence-electron chi connectivity index (χ4n) is 5.34. The first-order valence-electron chi connectivity index (χ1n) is 13.7. The lowest BCUT2D eigenvalue weighted by Crippen LogP contribution is -2.58. The fraction of sp³-hybridized carbons (Fsp3) is 0.321. The van der Waals surface area contributed by atoms with Gasteiger partial charge in [0.15, 0.2) is 6.20 Å². The molecule has 1 N–H and O–H groups in total. The Morgan fingerprint density at radius 1 is 1.07 bits per heavy atom. The van der Waals surface area contributed by atoms with E-state index in [2.05, 4.69) is 15.0 Å². The molecule has 2 saturated heterocycles. The molecule has 1 unspecified atom stereocenters. The lowest BCUT2D eigenvalue weighted by molar-refractivity contribution is -0.593. The highest BCUT2D eigenvalue weighted by Crippen LogP contribution is 2.27. The monoisotopic (exact) mass is 641 g/mol. The summed E-state index contributed by atoms with van der Waals surface area (Å²) in [4.78, 5) is 41.6. The summed E-state index contributed by atoms with van der Waals surface area (Å²) in [7, 11) is -3.98. The third kappa shape index (κ3) is 6.05. The van der Waals surface area contributed by atoms with Crippen molar-refractivity contribution in [2.75, 3.05) is 44.2 Å². The number of aromatic nitrogens is 4. The number of nitrogens with zero attached hydrogens (tertiary/aromatic N) is 6. The number of hydrogen-bond donors (Lipinski definition) is 1. The van der Waals surface area contributed by atoms with E-state index in [9.17, 15) is 23.2 Å². The highest BCUT2D eigenvalue weighted by Gasteiger charge is 2.39. The number of rotatable bonds is 6. The third-order valence-electron chi connectivity index (χ3n) is 7.62. The van der Waals surface area contributed by atoms with Crippen LogP contribution in [0.4, 0.5) is 0 Å². The van der Waals surface area contributed by atoms with E-state index < -0.39 is 22.0 Å². The van der Waals surface area contributed by atoms with Crippen LogP contribution in [0.25, 0.3) is 22.2 Å². The minimum Gasteiger partial charge on any atom is -0.618 e. The first kappa shape index (κ1) is 29.4. The van der Waals surface area contributed by atoms with Crippen LogP contribution < -0.4 is 4.73 Å². The number of sulfonamides is 1. The molecule has 4 aromatic rings. The Morgan fingerprint density at radius 2 is 1.84 bits per heavy atom. The average molecular weight is 642 g/mol. The van der Waals surface area contributed by atoms with E-state index in [1.165, 1.54) is 33.9 Å². The van der Waals surface area contributed by atoms with Gasteiger partial charge in [0.25, 0.3) is 15.9 Å². The molecule has 224 valence electrons. The van der Waals surface area contributed by atoms with E-state index in [-0.39, 0.29) is 42.8 Å². The maximum Gasteiger partial charge on any atom is 0.292 e. The van der Waals surface area contributed by atoms with Crippen LogP contribution in [0.5, 0.6) is 0 Å². The molecule has 43 heavy (non-hydrogen) atoms. The van der Waals surface area contributed by atoms with E-state index in [4.69, 9.17) is 11.6 Å². The Labute approximate surface area is 257 Å². The molecule has 0 radical (unpaired) electrons. The standard InChI is InChI=1S/C28H28ClN7O5S2/c29-21-4-5-23-19(13-21)14-25(32-23)43(40,41)34-7-8-35(22(18-34)15-26(37)33-9-11-42-12-10-33)28(38)27-30-16-20(17-31-27)24-3-1-2-6-36(24)39/h1-6,13-14,16-17,22,32H,7-12,15,18H2. The van der Waals surface area contributed by atoms with Crippen LogP contribution in [0.1, 0.15) is 17.0 Å². The highest BCUT2D eigenvalue weighted by molar-refractivity contribution is 7.99. The van der Waals surface area contributed by atoms with Gasteiger partial charge < -0.3 is 20.0 Å². The number of carbonyl (C=O) groups is 2. The van der Waals surface area contributed by atoms with Crippen LogP contribution in [-0.4, -0.2) is 99.6 Å². The Bertz CT molecular complexity index is 1780. The summed E-state index contributed by atoms with van der Waals surface area (Å²) in [5.41, 5.74) is 1.41. The molecule has 3 aromatic heterocycles. The molecule has 1 aromatic carbocycles. The van der Waals surface area contributed by atoms with E-state index in [0.29, 0.717) is 45.0 Å². The predicted octanol–water partition coefficient (Wildman–Crippen LogP) is 2.39. The number of amides is 2. The fourth-order valence-corrected chi connectivity index (χ4v) is 7.90. The number of H-pyrrole nitrogens is 1. The van der Waals surface area contributed by atoms with E-state index in [1.807, 2.05) is 0 Å². The Balaban J connectivity index is 1.26. The number of aromatic amines is 1. The number of piperazine rings is 1. The third-order valence-corrected chi connectivity index (χ3v) is 10.6. The zero-order chi connectivity index (χ0) is 30.1. The van der Waals surface area contributed by atoms with Crippen LogP contribution in [0.15, 0.2) is 66.1 Å². The number of benzene rings is 1. The summed E-state index contributed by atoms with van der Waals surface area (Å²) in [6, 6.07) is 10.8. The van der Waals surface area contributed by atoms with Crippen molar-refractivity contribution >= 4 is 56.1 Å². The predicted molar refractivity (Wildman–Crippen MR) is 162 cm³/mol. The van der Waals surface area contributed by atoms with Crippen LogP contribution in [0.2, 0.25) is 5.02 Å². The van der Waals surface area contributed by atoms with Crippen molar-refractivity contribution in [3.63, 3.8) is 0 Å². The van der Waals surface area contributed by atoms with Crippen LogP contribution in [-0.2, 0) is 14.8 Å². The van der Waals surface area contributed by atoms with Crippen molar-refractivity contribution in [2.24, 2.45) is 0 Å². The summed E-state index contributed by atoms with van der Waals surface area (Å²) in [6.45, 7) is 1.20. The van der Waals surface area contributed by atoms with Gasteiger partial charge in [0.05, 0.1) is 11.6 Å². The van der Waals surface area contributed by atoms with Gasteiger partial charge in [-0.2, -0.15) is 20.8 Å². The first-order chi connectivity index (χ1) is 20.7. The second-order valence-corrected chi connectivity index (χ2v) is 13.9. The van der Waals surface area contributed by atoms with Gasteiger partial charge in [-0.1, -0.05) is 11.6 Å². The maximum absolute atomic E-state index is 13.7. The Kier molecular flexibility index (Phi) is 8.27. The van der Waals surface area contributed by atoms with Crippen molar-refractivity contribution < 1.29 is 22.7 Å². The molecule has 2 fully saturated rings. The van der Waals surface area contributed by atoms with Gasteiger partial charge in [-0.05, 0) is 30.3 Å². The van der Waals surface area contributed by atoms with Crippen molar-refractivity contribution in [1.82, 2.24) is 29.1 Å². The molecule has 5 heterocycles. The van der Waals surface area contributed by atoms with Crippen molar-refractivity contribution in [3.05, 3.63) is 77.1 Å². The minimum absolute atomic E-state index is 0.0121. The SMILES string of the molecule is O=C(CC1CN(S(=O)(=O)c2cc3cc(Cl)ccc3[nH]2)CCN1C(=O)c1ncc(-c2cccc[n+]2[O-])cn1)N1CCSCC1. The average Bonchev–Trinajstić information content (AvgIpc) is 3.46. The molecule has 0 saturated carbocycles. The van der Waals surface area contributed by atoms with Gasteiger partial charge in [0.2, 0.25) is 17.4 Å². The molecule has 0 spiro atoms. The van der Waals surface area contributed by atoms with Crippen molar-refractivity contribution in [3.8, 4) is 11.3 Å². The smallest absolute Gasteiger partial charge is 0.292 e. The van der Waals surface area contributed by atoms with Crippen LogP contribution >= 0.6 is 23.4 Å². The van der Waals surface area contributed by atoms with Gasteiger partial charge in [0, 0.05) is 91.1 Å². The molecule has 0 bridgehead atoms. The molecule has 1 atom stereocenters. The highest BCUT2D eigenvalue weighted by atomic mass is 35.5. The summed E-state index contributed by atoms with van der Waals surface area (Å²) in [6.07, 6.45) is 4.12. The molecule has 0 aliphatic carbocycles. The van der Waals surface area contributed by atoms with E-state index in [1.54, 1.807) is 53.1 Å². The largest absolute Gasteiger partial charge is 0.618 e. The second-order valence-electron chi connectivity index (χ2n) is 10.3. The number of halogens is 1. The quantitative estimate of drug-likeness (QED) is 0.249. The van der Waals surface area contributed by atoms with Gasteiger partial charge in [-0.25, -0.2) is 18.4 Å². The van der Waals surface area contributed by atoms with Gasteiger partial charge in [-0.15, -0.1) is 0 Å². The molecule has 2 aliphatic rings. The molecule has 15 heteroatoms. The molecule has 2 aliphatic heterocycles. The van der Waals surface area contributed by atoms with E-state index in [0.717, 1.165) is 11.5 Å². The number of fused-ring (bicyclic) bond motifs is 1. The minimum atomic E-state index is -3.98. The van der Waals surface area contributed by atoms with Gasteiger partial charge in [-0.3, -0.25) is 9.59 Å². The molecular weight excluding hydrogens is 614 g/mol. The number of pyridine rings is 1. The summed E-state index contributed by atoms with van der Waals surface area (Å²) < 4.78 is 29.4.